The number of primary amides is 1. The number of benzene rings is 2. The third-order valence-electron chi connectivity index (χ3n) is 2.99. The van der Waals surface area contributed by atoms with Gasteiger partial charge in [0.1, 0.15) is 11.6 Å². The first kappa shape index (κ1) is 15.4. The van der Waals surface area contributed by atoms with Gasteiger partial charge in [0.25, 0.3) is 5.91 Å². The van der Waals surface area contributed by atoms with Gasteiger partial charge < -0.3 is 16.9 Å². The molecule has 4 nitrogen and oxygen atoms in total. The predicted octanol–water partition coefficient (Wildman–Crippen LogP) is 2.73. The molecule has 0 saturated carbocycles. The van der Waals surface area contributed by atoms with Crippen LogP contribution in [0, 0.1) is 17.0 Å². The van der Waals surface area contributed by atoms with Gasteiger partial charge in [-0.15, -0.1) is 0 Å². The molecule has 0 aromatic heterocycles. The third-order valence-corrected chi connectivity index (χ3v) is 2.99. The SMILES string of the molecule is N=C(/C=C/c1cccc(F)c1)c1cc(C(N)=O)c(F)cc1N. The molecule has 5 N–H and O–H groups in total. The van der Waals surface area contributed by atoms with Gasteiger partial charge in [-0.05, 0) is 35.9 Å². The Balaban J connectivity index is 2.33. The van der Waals surface area contributed by atoms with Crippen LogP contribution in [0.4, 0.5) is 14.5 Å². The van der Waals surface area contributed by atoms with E-state index >= 15 is 0 Å². The highest BCUT2D eigenvalue weighted by atomic mass is 19.1. The van der Waals surface area contributed by atoms with E-state index in [2.05, 4.69) is 0 Å². The molecule has 0 radical (unpaired) electrons. The van der Waals surface area contributed by atoms with Gasteiger partial charge in [-0.1, -0.05) is 18.2 Å². The number of hydrogen-bond acceptors (Lipinski definition) is 3. The Labute approximate surface area is 125 Å². The highest BCUT2D eigenvalue weighted by molar-refractivity contribution is 6.13. The third kappa shape index (κ3) is 3.35. The van der Waals surface area contributed by atoms with Gasteiger partial charge in [-0.25, -0.2) is 8.78 Å². The molecule has 112 valence electrons. The van der Waals surface area contributed by atoms with Crippen LogP contribution in [0.25, 0.3) is 6.08 Å². The topological polar surface area (TPSA) is 93.0 Å². The number of halogens is 2. The average Bonchev–Trinajstić information content (AvgIpc) is 2.44. The summed E-state index contributed by atoms with van der Waals surface area (Å²) in [6, 6.07) is 7.88. The van der Waals surface area contributed by atoms with Crippen LogP contribution in [0.5, 0.6) is 0 Å². The number of hydrogen-bond donors (Lipinski definition) is 3. The van der Waals surface area contributed by atoms with Gasteiger partial charge in [-0.2, -0.15) is 0 Å². The van der Waals surface area contributed by atoms with Crippen LogP contribution in [-0.4, -0.2) is 11.6 Å². The number of nitrogen functional groups attached to an aromatic ring is 1. The second-order valence-electron chi connectivity index (χ2n) is 4.59. The summed E-state index contributed by atoms with van der Waals surface area (Å²) in [4.78, 5) is 11.1. The first-order valence-electron chi connectivity index (χ1n) is 6.30. The Morgan fingerprint density at radius 1 is 1.14 bits per heavy atom. The fraction of sp³-hybridized carbons (Fsp3) is 0. The van der Waals surface area contributed by atoms with Crippen molar-refractivity contribution in [2.75, 3.05) is 5.73 Å². The number of allylic oxidation sites excluding steroid dienone is 1. The van der Waals surface area contributed by atoms with Crippen molar-refractivity contribution < 1.29 is 13.6 Å². The molecular weight excluding hydrogens is 288 g/mol. The number of carbonyl (C=O) groups excluding carboxylic acids is 1. The van der Waals surface area contributed by atoms with Crippen molar-refractivity contribution >= 4 is 23.4 Å². The van der Waals surface area contributed by atoms with Crippen molar-refractivity contribution in [2.45, 2.75) is 0 Å². The summed E-state index contributed by atoms with van der Waals surface area (Å²) in [5.41, 5.74) is 11.1. The van der Waals surface area contributed by atoms with Gasteiger partial charge in [0, 0.05) is 11.3 Å². The molecule has 2 rings (SSSR count). The molecule has 1 amide bonds. The molecule has 0 unspecified atom stereocenters. The lowest BCUT2D eigenvalue weighted by Gasteiger charge is -2.07. The van der Waals surface area contributed by atoms with Crippen molar-refractivity contribution in [1.82, 2.24) is 0 Å². The van der Waals surface area contributed by atoms with Crippen molar-refractivity contribution in [3.05, 3.63) is 70.8 Å². The monoisotopic (exact) mass is 301 g/mol. The van der Waals surface area contributed by atoms with Crippen LogP contribution in [0.15, 0.2) is 42.5 Å². The Morgan fingerprint density at radius 3 is 2.50 bits per heavy atom. The first-order valence-corrected chi connectivity index (χ1v) is 6.30. The van der Waals surface area contributed by atoms with E-state index in [1.807, 2.05) is 0 Å². The van der Waals surface area contributed by atoms with Gasteiger partial charge in [-0.3, -0.25) is 4.79 Å². The summed E-state index contributed by atoms with van der Waals surface area (Å²) < 4.78 is 26.6. The Kier molecular flexibility index (Phi) is 4.31. The molecule has 0 aliphatic rings. The summed E-state index contributed by atoms with van der Waals surface area (Å²) >= 11 is 0. The normalized spacial score (nSPS) is 10.8. The molecule has 6 heteroatoms. The van der Waals surface area contributed by atoms with Crippen molar-refractivity contribution in [3.8, 4) is 0 Å². The second-order valence-corrected chi connectivity index (χ2v) is 4.59. The standard InChI is InChI=1S/C16H13F2N3O/c17-10-3-1-2-9(6-10)4-5-14(19)12-7-11(16(21)22)13(18)8-15(12)20/h1-8,19H,20H2,(H2,21,22)/b5-4+,19-14?. The minimum Gasteiger partial charge on any atom is -0.398 e. The van der Waals surface area contributed by atoms with E-state index in [1.54, 1.807) is 6.07 Å². The molecule has 0 saturated heterocycles. The van der Waals surface area contributed by atoms with Crippen LogP contribution >= 0.6 is 0 Å². The van der Waals surface area contributed by atoms with E-state index in [4.69, 9.17) is 16.9 Å². The summed E-state index contributed by atoms with van der Waals surface area (Å²) in [6.07, 6.45) is 2.89. The maximum Gasteiger partial charge on any atom is 0.251 e. The van der Waals surface area contributed by atoms with Gasteiger partial charge in [0.05, 0.1) is 11.3 Å². The Bertz CT molecular complexity index is 785. The predicted molar refractivity (Wildman–Crippen MR) is 81.6 cm³/mol. The zero-order valence-corrected chi connectivity index (χ0v) is 11.4. The summed E-state index contributed by atoms with van der Waals surface area (Å²) in [6.45, 7) is 0. The van der Waals surface area contributed by atoms with E-state index in [9.17, 15) is 13.6 Å². The summed E-state index contributed by atoms with van der Waals surface area (Å²) in [5, 5.41) is 7.95. The van der Waals surface area contributed by atoms with Crippen LogP contribution in [-0.2, 0) is 0 Å². The largest absolute Gasteiger partial charge is 0.398 e. The average molecular weight is 301 g/mol. The second kappa shape index (κ2) is 6.17. The number of anilines is 1. The van der Waals surface area contributed by atoms with Crippen LogP contribution < -0.4 is 11.5 Å². The van der Waals surface area contributed by atoms with Crippen molar-refractivity contribution in [1.29, 1.82) is 5.41 Å². The highest BCUT2D eigenvalue weighted by Crippen LogP contribution is 2.19. The molecule has 2 aromatic carbocycles. The van der Waals surface area contributed by atoms with E-state index in [0.717, 1.165) is 12.1 Å². The van der Waals surface area contributed by atoms with E-state index in [0.29, 0.717) is 5.56 Å². The quantitative estimate of drug-likeness (QED) is 0.598. The number of amides is 1. The lowest BCUT2D eigenvalue weighted by Crippen LogP contribution is -2.15. The van der Waals surface area contributed by atoms with Crippen LogP contribution in [0.2, 0.25) is 0 Å². The van der Waals surface area contributed by atoms with E-state index in [-0.39, 0.29) is 22.5 Å². The number of rotatable bonds is 4. The fourth-order valence-corrected chi connectivity index (χ4v) is 1.89. The number of nitrogens with one attached hydrogen (secondary N) is 1. The molecule has 0 fully saturated rings. The Hall–Kier alpha value is -3.02. The number of carbonyl (C=O) groups is 1. The first-order chi connectivity index (χ1) is 10.4. The van der Waals surface area contributed by atoms with Gasteiger partial charge in [0.15, 0.2) is 0 Å². The lowest BCUT2D eigenvalue weighted by molar-refractivity contribution is 0.0996. The van der Waals surface area contributed by atoms with Crippen molar-refractivity contribution in [2.24, 2.45) is 5.73 Å². The van der Waals surface area contributed by atoms with Gasteiger partial charge >= 0.3 is 0 Å². The molecule has 0 aliphatic carbocycles. The van der Waals surface area contributed by atoms with E-state index < -0.39 is 17.5 Å². The van der Waals surface area contributed by atoms with Crippen molar-refractivity contribution in [3.63, 3.8) is 0 Å². The molecule has 0 aliphatic heterocycles. The Morgan fingerprint density at radius 2 is 1.86 bits per heavy atom. The minimum atomic E-state index is -0.944. The summed E-state index contributed by atoms with van der Waals surface area (Å²) in [7, 11) is 0. The summed E-state index contributed by atoms with van der Waals surface area (Å²) in [5.74, 6) is -2.18. The smallest absolute Gasteiger partial charge is 0.251 e. The molecule has 22 heavy (non-hydrogen) atoms. The van der Waals surface area contributed by atoms with E-state index in [1.165, 1.54) is 30.4 Å². The molecule has 0 heterocycles. The molecule has 0 bridgehead atoms. The lowest BCUT2D eigenvalue weighted by atomic mass is 10.0. The maximum atomic E-state index is 13.5. The molecule has 2 aromatic rings. The molecule has 0 atom stereocenters. The maximum absolute atomic E-state index is 13.5. The highest BCUT2D eigenvalue weighted by Gasteiger charge is 2.13. The minimum absolute atomic E-state index is 0.0105. The fourth-order valence-electron chi connectivity index (χ4n) is 1.89. The zero-order valence-electron chi connectivity index (χ0n) is 11.4. The molecular formula is C16H13F2N3O. The zero-order chi connectivity index (χ0) is 16.3. The molecule has 0 spiro atoms. The van der Waals surface area contributed by atoms with Gasteiger partial charge in [0.2, 0.25) is 0 Å². The van der Waals surface area contributed by atoms with Crippen LogP contribution in [0.3, 0.4) is 0 Å². The number of nitrogens with two attached hydrogens (primary N) is 2. The van der Waals surface area contributed by atoms with Crippen LogP contribution in [0.1, 0.15) is 21.5 Å².